The number of sulfonamides is 1. The van der Waals surface area contributed by atoms with Crippen LogP contribution in [0.5, 0.6) is 0 Å². The maximum absolute atomic E-state index is 13.2. The predicted molar refractivity (Wildman–Crippen MR) is 124 cm³/mol. The van der Waals surface area contributed by atoms with Crippen molar-refractivity contribution in [3.05, 3.63) is 36.4 Å². The van der Waals surface area contributed by atoms with E-state index in [1.165, 1.54) is 4.90 Å². The van der Waals surface area contributed by atoms with E-state index in [2.05, 4.69) is 10.0 Å². The Balaban J connectivity index is 1.82. The lowest BCUT2D eigenvalue weighted by atomic mass is 10.1. The van der Waals surface area contributed by atoms with Crippen molar-refractivity contribution < 1.29 is 22.7 Å². The van der Waals surface area contributed by atoms with E-state index in [0.29, 0.717) is 24.3 Å². The first kappa shape index (κ1) is 24.0. The number of hydrogen-bond acceptors (Lipinski definition) is 6. The van der Waals surface area contributed by atoms with Gasteiger partial charge in [-0.1, -0.05) is 30.3 Å². The van der Waals surface area contributed by atoms with Gasteiger partial charge in [0.15, 0.2) is 4.21 Å². The monoisotopic (exact) mass is 480 g/mol. The minimum atomic E-state index is -3.99. The third kappa shape index (κ3) is 6.21. The summed E-state index contributed by atoms with van der Waals surface area (Å²) < 4.78 is 34.5. The number of urea groups is 1. The van der Waals surface area contributed by atoms with Crippen molar-refractivity contribution in [1.82, 2.24) is 9.62 Å². The molecule has 0 bridgehead atoms. The van der Waals surface area contributed by atoms with Crippen LogP contribution < -0.4 is 15.8 Å². The van der Waals surface area contributed by atoms with Gasteiger partial charge in [-0.2, -0.15) is 0 Å². The van der Waals surface area contributed by atoms with Crippen LogP contribution in [-0.2, 0) is 14.8 Å². The van der Waals surface area contributed by atoms with Crippen LogP contribution >= 0.6 is 11.3 Å². The first-order valence-electron chi connectivity index (χ1n) is 10.2. The number of nitrogens with one attached hydrogen (secondary N) is 2. The number of piperidine rings is 1. The van der Waals surface area contributed by atoms with Crippen molar-refractivity contribution >= 4 is 39.2 Å². The van der Waals surface area contributed by atoms with Crippen LogP contribution in [0.2, 0.25) is 0 Å². The Morgan fingerprint density at radius 2 is 1.91 bits per heavy atom. The largest absolute Gasteiger partial charge is 0.444 e. The Morgan fingerprint density at radius 3 is 2.53 bits per heavy atom. The predicted octanol–water partition coefficient (Wildman–Crippen LogP) is 3.58. The second-order valence-electron chi connectivity index (χ2n) is 8.55. The normalized spacial score (nSPS) is 17.1. The average Bonchev–Trinajstić information content (AvgIpc) is 3.11. The third-order valence-electron chi connectivity index (χ3n) is 4.65. The molecule has 1 aliphatic rings. The number of carbonyl (C=O) groups excluding carboxylic acids is 2. The molecule has 3 amide bonds. The van der Waals surface area contributed by atoms with Gasteiger partial charge >= 0.3 is 12.1 Å². The van der Waals surface area contributed by atoms with Crippen LogP contribution in [0, 0.1) is 0 Å². The number of amides is 3. The number of benzene rings is 1. The number of rotatable bonds is 5. The molecule has 0 radical (unpaired) electrons. The van der Waals surface area contributed by atoms with Gasteiger partial charge < -0.3 is 20.7 Å². The molecule has 1 aromatic heterocycles. The minimum absolute atomic E-state index is 0.0375. The van der Waals surface area contributed by atoms with E-state index in [0.717, 1.165) is 16.9 Å². The van der Waals surface area contributed by atoms with Crippen molar-refractivity contribution in [2.24, 2.45) is 5.73 Å². The van der Waals surface area contributed by atoms with E-state index in [4.69, 9.17) is 10.5 Å². The maximum atomic E-state index is 13.2. The van der Waals surface area contributed by atoms with Crippen LogP contribution in [0.1, 0.15) is 33.6 Å². The van der Waals surface area contributed by atoms with Crippen molar-refractivity contribution in [3.63, 3.8) is 0 Å². The van der Waals surface area contributed by atoms with Gasteiger partial charge in [0.05, 0.1) is 5.69 Å². The molecule has 2 heterocycles. The molecule has 9 nitrogen and oxygen atoms in total. The van der Waals surface area contributed by atoms with E-state index in [1.807, 2.05) is 30.3 Å². The van der Waals surface area contributed by atoms with Crippen LogP contribution in [0.3, 0.4) is 0 Å². The van der Waals surface area contributed by atoms with Crippen molar-refractivity contribution in [2.75, 3.05) is 18.4 Å². The summed E-state index contributed by atoms with van der Waals surface area (Å²) in [5, 5.41) is 2.41. The van der Waals surface area contributed by atoms with Crippen molar-refractivity contribution in [3.8, 4) is 10.4 Å². The molecule has 174 valence electrons. The van der Waals surface area contributed by atoms with Gasteiger partial charge in [0.1, 0.15) is 5.60 Å². The van der Waals surface area contributed by atoms with Gasteiger partial charge in [0.2, 0.25) is 0 Å². The summed E-state index contributed by atoms with van der Waals surface area (Å²) in [4.78, 5) is 26.0. The summed E-state index contributed by atoms with van der Waals surface area (Å²) in [6.45, 7) is 6.04. The Hall–Kier alpha value is -2.63. The summed E-state index contributed by atoms with van der Waals surface area (Å²) in [7, 11) is -3.99. The zero-order valence-corrected chi connectivity index (χ0v) is 19.9. The summed E-state index contributed by atoms with van der Waals surface area (Å²) in [5.41, 5.74) is 5.56. The molecule has 1 aromatic carbocycles. The minimum Gasteiger partial charge on any atom is -0.444 e. The van der Waals surface area contributed by atoms with Gasteiger partial charge in [-0.05, 0) is 45.2 Å². The summed E-state index contributed by atoms with van der Waals surface area (Å²) >= 11 is 1.04. The maximum Gasteiger partial charge on any atom is 0.410 e. The molecule has 11 heteroatoms. The number of nitrogens with two attached hydrogens (primary N) is 1. The second kappa shape index (κ2) is 9.47. The number of ether oxygens (including phenoxy) is 1. The molecule has 0 spiro atoms. The van der Waals surface area contributed by atoms with Crippen molar-refractivity contribution in [2.45, 2.75) is 49.5 Å². The van der Waals surface area contributed by atoms with Crippen molar-refractivity contribution in [1.29, 1.82) is 0 Å². The Labute approximate surface area is 192 Å². The molecule has 0 unspecified atom stereocenters. The standard InChI is InChI=1S/C21H28N4O5S2/c1-21(2,3)30-20(27)25-11-7-10-15(13-25)24-32(28,29)18-16(23-19(22)26)12-17(31-18)14-8-5-4-6-9-14/h4-6,8-9,12,15,24H,7,10-11,13H2,1-3H3,(H3,22,23,26)/t15-/m0/s1. The second-order valence-corrected chi connectivity index (χ2v) is 11.5. The molecule has 3 rings (SSSR count). The molecule has 4 N–H and O–H groups in total. The van der Waals surface area contributed by atoms with Crippen LogP contribution in [0.15, 0.2) is 40.6 Å². The number of hydrogen-bond donors (Lipinski definition) is 3. The smallest absolute Gasteiger partial charge is 0.410 e. The topological polar surface area (TPSA) is 131 Å². The lowest BCUT2D eigenvalue weighted by molar-refractivity contribution is 0.0195. The number of anilines is 1. The molecule has 1 aliphatic heterocycles. The van der Waals surface area contributed by atoms with Gasteiger partial charge in [-0.15, -0.1) is 11.3 Å². The summed E-state index contributed by atoms with van der Waals surface area (Å²) in [6.07, 6.45) is 0.743. The number of nitrogens with zero attached hydrogens (tertiary/aromatic N) is 1. The lowest BCUT2D eigenvalue weighted by Gasteiger charge is -2.34. The molecule has 2 aromatic rings. The Morgan fingerprint density at radius 1 is 1.22 bits per heavy atom. The Kier molecular flexibility index (Phi) is 7.11. The Bertz CT molecular complexity index is 1080. The number of primary amides is 1. The average molecular weight is 481 g/mol. The number of likely N-dealkylation sites (tertiary alicyclic amines) is 1. The van der Waals surface area contributed by atoms with E-state index in [9.17, 15) is 18.0 Å². The highest BCUT2D eigenvalue weighted by Crippen LogP contribution is 2.38. The van der Waals surface area contributed by atoms with Gasteiger partial charge in [0.25, 0.3) is 10.0 Å². The molecular weight excluding hydrogens is 452 g/mol. The first-order valence-corrected chi connectivity index (χ1v) is 12.5. The molecule has 1 fully saturated rings. The molecule has 1 atom stereocenters. The van der Waals surface area contributed by atoms with E-state index in [-0.39, 0.29) is 16.4 Å². The fraction of sp³-hybridized carbons (Fsp3) is 0.429. The summed E-state index contributed by atoms with van der Waals surface area (Å²) in [5.74, 6) is 0. The summed E-state index contributed by atoms with van der Waals surface area (Å²) in [6, 6.07) is 9.50. The highest BCUT2D eigenvalue weighted by atomic mass is 32.2. The zero-order valence-electron chi connectivity index (χ0n) is 18.3. The number of thiophene rings is 1. The highest BCUT2D eigenvalue weighted by molar-refractivity contribution is 7.91. The SMILES string of the molecule is CC(C)(C)OC(=O)N1CCC[C@H](NS(=O)(=O)c2sc(-c3ccccc3)cc2NC(N)=O)C1. The third-order valence-corrected chi connectivity index (χ3v) is 7.89. The van der Waals surface area contributed by atoms with Gasteiger partial charge in [-0.3, -0.25) is 0 Å². The molecular formula is C21H28N4O5S2. The molecule has 1 saturated heterocycles. The quantitative estimate of drug-likeness (QED) is 0.602. The zero-order chi connectivity index (χ0) is 23.5. The van der Waals surface area contributed by atoms with E-state index < -0.39 is 33.8 Å². The van der Waals surface area contributed by atoms with E-state index >= 15 is 0 Å². The lowest BCUT2D eigenvalue weighted by Crippen LogP contribution is -2.50. The molecule has 32 heavy (non-hydrogen) atoms. The molecule has 0 aliphatic carbocycles. The van der Waals surface area contributed by atoms with Gasteiger partial charge in [-0.25, -0.2) is 22.7 Å². The fourth-order valence-electron chi connectivity index (χ4n) is 3.38. The number of carbonyl (C=O) groups is 2. The first-order chi connectivity index (χ1) is 14.9. The highest BCUT2D eigenvalue weighted by Gasteiger charge is 2.32. The molecule has 0 saturated carbocycles. The fourth-order valence-corrected chi connectivity index (χ4v) is 6.22. The van der Waals surface area contributed by atoms with Crippen LogP contribution in [0.25, 0.3) is 10.4 Å². The van der Waals surface area contributed by atoms with Crippen LogP contribution in [-0.4, -0.2) is 50.2 Å². The van der Waals surface area contributed by atoms with Crippen LogP contribution in [0.4, 0.5) is 15.3 Å². The van der Waals surface area contributed by atoms with Gasteiger partial charge in [0, 0.05) is 24.0 Å². The van der Waals surface area contributed by atoms with E-state index in [1.54, 1.807) is 26.8 Å².